The van der Waals surface area contributed by atoms with Crippen LogP contribution in [-0.2, 0) is 0 Å². The molecule has 0 fully saturated rings. The first-order valence-corrected chi connectivity index (χ1v) is 35.3. The fourth-order valence-corrected chi connectivity index (χ4v) is 17.6. The quantitative estimate of drug-likeness (QED) is 0.0771. The predicted octanol–water partition coefficient (Wildman–Crippen LogP) is 14.8. The number of aromatic nitrogens is 6. The molecule has 0 N–H and O–H groups in total. The van der Waals surface area contributed by atoms with Gasteiger partial charge in [0.2, 0.25) is 0 Å². The van der Waals surface area contributed by atoms with E-state index in [2.05, 4.69) is 275 Å². The van der Waals surface area contributed by atoms with Crippen LogP contribution >= 0.6 is 0 Å². The topological polar surface area (TPSA) is 77.3 Å². The van der Waals surface area contributed by atoms with Gasteiger partial charge in [0, 0.05) is 0 Å². The van der Waals surface area contributed by atoms with Crippen molar-refractivity contribution in [3.8, 4) is 44.6 Å². The molecular weight excluding hydrogens is 1350 g/mol. The van der Waals surface area contributed by atoms with E-state index in [0.717, 1.165) is 149 Å². The van der Waals surface area contributed by atoms with Crippen molar-refractivity contribution < 1.29 is 42.4 Å². The molecule has 0 saturated heterocycles. The number of allylic oxidation sites excluding steroid dienone is 8. The van der Waals surface area contributed by atoms with E-state index in [1.807, 2.05) is 36.8 Å². The second kappa shape index (κ2) is 23.9. The van der Waals surface area contributed by atoms with Crippen molar-refractivity contribution in [2.45, 2.75) is 0 Å². The monoisotopic (exact) mass is 1400 g/mol. The van der Waals surface area contributed by atoms with Crippen molar-refractivity contribution in [2.24, 2.45) is 0 Å². The SMILES string of the molecule is C1=C(c2ccc3c(-c4ccc(-c5ccccc5)cc4)c4ccc5ccccc5c4nc3c2)C=C(c2ccccn2)[I-]C=C1c1cccc(-c2cccc3c2ccc2c(-c4ccccc4)c4ccc(C5=CC(c6ccccn6)=C[I-]C(c6ccccn6)=C5)cc4nc23)n1. The van der Waals surface area contributed by atoms with E-state index in [1.54, 1.807) is 0 Å². The third-order valence-corrected chi connectivity index (χ3v) is 22.4. The maximum atomic E-state index is 5.68. The van der Waals surface area contributed by atoms with E-state index in [1.165, 1.54) is 23.9 Å². The zero-order valence-electron chi connectivity index (χ0n) is 49.5. The van der Waals surface area contributed by atoms with Crippen molar-refractivity contribution in [1.82, 2.24) is 29.9 Å². The third kappa shape index (κ3) is 10.4. The van der Waals surface area contributed by atoms with Gasteiger partial charge in [-0.2, -0.15) is 0 Å². The van der Waals surface area contributed by atoms with Gasteiger partial charge in [0.05, 0.1) is 0 Å². The first-order valence-electron chi connectivity index (χ1n) is 30.6. The van der Waals surface area contributed by atoms with Gasteiger partial charge in [-0.25, -0.2) is 0 Å². The predicted molar refractivity (Wildman–Crippen MR) is 374 cm³/mol. The number of nitrogens with zero attached hydrogens (tertiary/aromatic N) is 6. The molecule has 0 unspecified atom stereocenters. The van der Waals surface area contributed by atoms with E-state index in [-0.39, 0.29) is 0 Å². The van der Waals surface area contributed by atoms with Crippen LogP contribution in [-0.4, -0.2) is 29.9 Å². The molecule has 0 radical (unpaired) electrons. The molecule has 9 aromatic carbocycles. The summed E-state index contributed by atoms with van der Waals surface area (Å²) in [5.41, 5.74) is 23.1. The summed E-state index contributed by atoms with van der Waals surface area (Å²) in [4.78, 5) is 31.4. The fourth-order valence-electron chi connectivity index (χ4n) is 12.9. The Kier molecular flexibility index (Phi) is 14.4. The molecule has 6 aromatic heterocycles. The van der Waals surface area contributed by atoms with Gasteiger partial charge in [-0.3, -0.25) is 0 Å². The molecule has 6 nitrogen and oxygen atoms in total. The van der Waals surface area contributed by atoms with Gasteiger partial charge in [-0.05, 0) is 5.56 Å². The van der Waals surface area contributed by atoms with Crippen molar-refractivity contribution in [2.75, 3.05) is 0 Å². The number of rotatable bonds is 10. The molecule has 17 rings (SSSR count). The van der Waals surface area contributed by atoms with Crippen LogP contribution in [0.1, 0.15) is 33.9 Å². The Labute approximate surface area is 552 Å². The van der Waals surface area contributed by atoms with Crippen molar-refractivity contribution in [3.05, 3.63) is 346 Å². The Morgan fingerprint density at radius 1 is 0.250 bits per heavy atom. The summed E-state index contributed by atoms with van der Waals surface area (Å²) in [5.74, 6) is 0. The summed E-state index contributed by atoms with van der Waals surface area (Å²) >= 11 is -1.19. The van der Waals surface area contributed by atoms with Crippen molar-refractivity contribution in [1.29, 1.82) is 0 Å². The summed E-state index contributed by atoms with van der Waals surface area (Å²) in [5, 5.41) is 8.88. The van der Waals surface area contributed by atoms with Gasteiger partial charge in [-0.1, -0.05) is 30.3 Å². The van der Waals surface area contributed by atoms with Crippen LogP contribution < -0.4 is 42.4 Å². The number of halogens is 2. The van der Waals surface area contributed by atoms with E-state index in [9.17, 15) is 0 Å². The van der Waals surface area contributed by atoms with Gasteiger partial charge < -0.3 is 0 Å². The molecule has 0 aliphatic carbocycles. The summed E-state index contributed by atoms with van der Waals surface area (Å²) < 4.78 is 7.26. The van der Waals surface area contributed by atoms with Crippen LogP contribution in [0, 0.1) is 0 Å². The van der Waals surface area contributed by atoms with Crippen molar-refractivity contribution >= 4 is 94.6 Å². The van der Waals surface area contributed by atoms with Gasteiger partial charge in [0.15, 0.2) is 0 Å². The summed E-state index contributed by atoms with van der Waals surface area (Å²) in [6, 6.07) is 93.1. The Balaban J connectivity index is 0.787. The molecule has 0 bridgehead atoms. The van der Waals surface area contributed by atoms with Crippen LogP contribution in [0.4, 0.5) is 0 Å². The first-order chi connectivity index (χ1) is 45.6. The molecule has 0 atom stereocenters. The van der Waals surface area contributed by atoms with Gasteiger partial charge in [-0.15, -0.1) is 0 Å². The van der Waals surface area contributed by atoms with E-state index in [4.69, 9.17) is 29.9 Å². The third-order valence-electron chi connectivity index (χ3n) is 17.3. The summed E-state index contributed by atoms with van der Waals surface area (Å²) in [6.45, 7) is 0. The van der Waals surface area contributed by atoms with Crippen LogP contribution in [0.2, 0.25) is 0 Å². The second-order valence-corrected chi connectivity index (χ2v) is 27.7. The molecule has 434 valence electrons. The zero-order chi connectivity index (χ0) is 60.9. The molecule has 2 aliphatic heterocycles. The normalized spacial score (nSPS) is 13.7. The van der Waals surface area contributed by atoms with E-state index >= 15 is 0 Å². The minimum atomic E-state index is -0.659. The maximum absolute atomic E-state index is 5.68. The number of hydrogen-bond acceptors (Lipinski definition) is 6. The first kappa shape index (κ1) is 55.4. The van der Waals surface area contributed by atoms with Gasteiger partial charge >= 0.3 is 521 Å². The Morgan fingerprint density at radius 3 is 1.32 bits per heavy atom. The molecule has 92 heavy (non-hydrogen) atoms. The molecule has 15 aromatic rings. The van der Waals surface area contributed by atoms with Crippen LogP contribution in [0.15, 0.2) is 312 Å². The Morgan fingerprint density at radius 2 is 0.696 bits per heavy atom. The standard InChI is InChI=1S/C84H52I2N6/c1-3-17-53(18-4-1)54-30-32-57(33-31-54)82-69-38-36-59(49-79(69)91-83-64-22-8-7-19-55(64)34-39-70(82)83)61-46-63(52-86-73(48-61)78-27-11-14-44-89-78)75-28-16-29-76(90-75)66-23-15-24-67-65(66)40-41-71-81(56-20-5-2-6-21-56)68-37-35-58(50-80(68)92-84(67)71)60-45-62(74-25-9-12-42-87-74)51-85-72(47-60)77-26-10-13-43-88-77/h1-52H/q-2. The van der Waals surface area contributed by atoms with Gasteiger partial charge in [0.1, 0.15) is 0 Å². The number of hydrogen-bond donors (Lipinski definition) is 0. The average molecular weight is 1400 g/mol. The summed E-state index contributed by atoms with van der Waals surface area (Å²) in [6.07, 6.45) is 14.9. The Hall–Kier alpha value is -10.7. The molecular formula is C84H52I2N6-2. The molecule has 8 heteroatoms. The van der Waals surface area contributed by atoms with E-state index in [0.29, 0.717) is 0 Å². The molecule has 0 saturated carbocycles. The summed E-state index contributed by atoms with van der Waals surface area (Å²) in [7, 11) is 0. The Bertz CT molecular complexity index is 5650. The second-order valence-electron chi connectivity index (χ2n) is 22.9. The average Bonchev–Trinajstić information content (AvgIpc) is 0.798. The minimum absolute atomic E-state index is 0.527. The zero-order valence-corrected chi connectivity index (χ0v) is 53.8. The van der Waals surface area contributed by atoms with Crippen LogP contribution in [0.5, 0.6) is 0 Å². The number of benzene rings is 9. The van der Waals surface area contributed by atoms with Crippen LogP contribution in [0.3, 0.4) is 0 Å². The molecule has 0 spiro atoms. The fraction of sp³-hybridized carbons (Fsp3) is 0. The molecule has 2 aliphatic rings. The number of fused-ring (bicyclic) bond motifs is 8. The van der Waals surface area contributed by atoms with E-state index < -0.39 is 42.4 Å². The van der Waals surface area contributed by atoms with Crippen molar-refractivity contribution in [3.63, 3.8) is 0 Å². The molecule has 8 heterocycles. The van der Waals surface area contributed by atoms with Crippen LogP contribution in [0.25, 0.3) is 139 Å². The molecule has 0 amide bonds. The number of pyridine rings is 6. The van der Waals surface area contributed by atoms with Gasteiger partial charge in [0.25, 0.3) is 0 Å².